The van der Waals surface area contributed by atoms with Crippen molar-refractivity contribution in [1.29, 1.82) is 0 Å². The number of piperazine rings is 1. The van der Waals surface area contributed by atoms with Gasteiger partial charge in [0.25, 0.3) is 5.91 Å². The first-order valence-electron chi connectivity index (χ1n) is 12.0. The Balaban J connectivity index is 1.22. The van der Waals surface area contributed by atoms with Crippen LogP contribution in [-0.2, 0) is 4.79 Å². The summed E-state index contributed by atoms with van der Waals surface area (Å²) in [6.45, 7) is 7.52. The molecule has 2 aliphatic heterocycles. The third kappa shape index (κ3) is 4.90. The molecule has 3 heterocycles. The van der Waals surface area contributed by atoms with Gasteiger partial charge in [0.15, 0.2) is 6.61 Å². The number of carbonyl (C=O) groups excluding carboxylic acids is 1. The van der Waals surface area contributed by atoms with Gasteiger partial charge in [0.05, 0.1) is 0 Å². The molecule has 0 spiro atoms. The van der Waals surface area contributed by atoms with Gasteiger partial charge >= 0.3 is 0 Å². The minimum absolute atomic E-state index is 0.0286. The summed E-state index contributed by atoms with van der Waals surface area (Å²) in [6.07, 6.45) is 2.40. The summed E-state index contributed by atoms with van der Waals surface area (Å²) in [5.41, 5.74) is 2.04. The second-order valence-electron chi connectivity index (χ2n) is 9.16. The Morgan fingerprint density at radius 1 is 0.879 bits per heavy atom. The van der Waals surface area contributed by atoms with E-state index in [1.54, 1.807) is 0 Å². The molecule has 6 nitrogen and oxygen atoms in total. The predicted molar refractivity (Wildman–Crippen MR) is 133 cm³/mol. The zero-order valence-corrected chi connectivity index (χ0v) is 19.3. The lowest BCUT2D eigenvalue weighted by Gasteiger charge is -2.36. The summed E-state index contributed by atoms with van der Waals surface area (Å²) in [4.78, 5) is 24.4. The summed E-state index contributed by atoms with van der Waals surface area (Å²) in [6, 6.07) is 20.5. The smallest absolute Gasteiger partial charge is 0.260 e. The molecule has 172 valence electrons. The molecule has 2 fully saturated rings. The van der Waals surface area contributed by atoms with Crippen LogP contribution in [0.2, 0.25) is 0 Å². The van der Waals surface area contributed by atoms with E-state index in [1.165, 1.54) is 18.5 Å². The Morgan fingerprint density at radius 3 is 2.39 bits per heavy atom. The number of piperidine rings is 1. The zero-order valence-electron chi connectivity index (χ0n) is 19.3. The standard InChI is InChI=1S/C27H32N4O2/c1-21-12-14-30(15-13-21)25-11-10-22-6-5-9-24(27(22)28-25)33-20-26(32)31-18-16-29(17-19-31)23-7-3-2-4-8-23/h2-11,21H,12-20H2,1H3. The topological polar surface area (TPSA) is 48.9 Å². The number of hydrogen-bond acceptors (Lipinski definition) is 5. The van der Waals surface area contributed by atoms with Crippen molar-refractivity contribution in [3.05, 3.63) is 60.7 Å². The number of para-hydroxylation sites is 2. The molecular formula is C27H32N4O2. The molecule has 0 bridgehead atoms. The van der Waals surface area contributed by atoms with Crippen molar-refractivity contribution in [2.75, 3.05) is 55.7 Å². The monoisotopic (exact) mass is 444 g/mol. The van der Waals surface area contributed by atoms with Crippen LogP contribution in [0.3, 0.4) is 0 Å². The Bertz CT molecular complexity index is 1090. The van der Waals surface area contributed by atoms with Crippen LogP contribution in [0, 0.1) is 5.92 Å². The van der Waals surface area contributed by atoms with E-state index in [2.05, 4.69) is 53.1 Å². The first-order chi connectivity index (χ1) is 16.2. The summed E-state index contributed by atoms with van der Waals surface area (Å²) in [5.74, 6) is 2.48. The molecule has 33 heavy (non-hydrogen) atoms. The molecule has 0 aliphatic carbocycles. The molecule has 1 aromatic heterocycles. The molecule has 2 aromatic carbocycles. The molecule has 0 atom stereocenters. The van der Waals surface area contributed by atoms with Gasteiger partial charge in [-0.3, -0.25) is 4.79 Å². The first kappa shape index (κ1) is 21.6. The number of fused-ring (bicyclic) bond motifs is 1. The number of pyridine rings is 1. The third-order valence-corrected chi connectivity index (χ3v) is 6.88. The molecule has 2 aliphatic rings. The van der Waals surface area contributed by atoms with Crippen molar-refractivity contribution in [2.45, 2.75) is 19.8 Å². The number of carbonyl (C=O) groups is 1. The lowest BCUT2D eigenvalue weighted by Crippen LogP contribution is -2.50. The fourth-order valence-corrected chi connectivity index (χ4v) is 4.72. The van der Waals surface area contributed by atoms with Crippen LogP contribution >= 0.6 is 0 Å². The second-order valence-corrected chi connectivity index (χ2v) is 9.16. The van der Waals surface area contributed by atoms with Gasteiger partial charge in [0.1, 0.15) is 17.1 Å². The average molecular weight is 445 g/mol. The minimum Gasteiger partial charge on any atom is -0.481 e. The lowest BCUT2D eigenvalue weighted by atomic mass is 9.99. The number of hydrogen-bond donors (Lipinski definition) is 0. The highest BCUT2D eigenvalue weighted by molar-refractivity contribution is 5.86. The molecular weight excluding hydrogens is 412 g/mol. The molecule has 6 heteroatoms. The van der Waals surface area contributed by atoms with Gasteiger partial charge in [0.2, 0.25) is 0 Å². The van der Waals surface area contributed by atoms with Crippen molar-refractivity contribution in [3.8, 4) is 5.75 Å². The van der Waals surface area contributed by atoms with Crippen LogP contribution in [0.4, 0.5) is 11.5 Å². The Hall–Kier alpha value is -3.28. The quantitative estimate of drug-likeness (QED) is 0.590. The third-order valence-electron chi connectivity index (χ3n) is 6.88. The number of amides is 1. The number of ether oxygens (including phenoxy) is 1. The van der Waals surface area contributed by atoms with E-state index >= 15 is 0 Å². The van der Waals surface area contributed by atoms with Crippen molar-refractivity contribution < 1.29 is 9.53 Å². The maximum atomic E-state index is 12.8. The second kappa shape index (κ2) is 9.69. The SMILES string of the molecule is CC1CCN(c2ccc3cccc(OCC(=O)N4CCN(c5ccccc5)CC4)c3n2)CC1. The van der Waals surface area contributed by atoms with Gasteiger partial charge in [-0.15, -0.1) is 0 Å². The van der Waals surface area contributed by atoms with E-state index in [0.717, 1.165) is 48.8 Å². The normalized spacial score (nSPS) is 17.4. The van der Waals surface area contributed by atoms with Crippen LogP contribution in [0.1, 0.15) is 19.8 Å². The van der Waals surface area contributed by atoms with Crippen LogP contribution in [-0.4, -0.2) is 61.7 Å². The number of anilines is 2. The fourth-order valence-electron chi connectivity index (χ4n) is 4.72. The van der Waals surface area contributed by atoms with Crippen molar-refractivity contribution in [1.82, 2.24) is 9.88 Å². The summed E-state index contributed by atoms with van der Waals surface area (Å²) in [7, 11) is 0. The van der Waals surface area contributed by atoms with Gasteiger partial charge < -0.3 is 19.4 Å². The maximum absolute atomic E-state index is 12.8. The highest BCUT2D eigenvalue weighted by Crippen LogP contribution is 2.28. The predicted octanol–water partition coefficient (Wildman–Crippen LogP) is 4.20. The minimum atomic E-state index is 0.0286. The lowest BCUT2D eigenvalue weighted by molar-refractivity contribution is -0.133. The van der Waals surface area contributed by atoms with Crippen molar-refractivity contribution >= 4 is 28.3 Å². The average Bonchev–Trinajstić information content (AvgIpc) is 2.88. The van der Waals surface area contributed by atoms with E-state index in [-0.39, 0.29) is 12.5 Å². The van der Waals surface area contributed by atoms with E-state index in [9.17, 15) is 4.79 Å². The van der Waals surface area contributed by atoms with Crippen LogP contribution in [0.25, 0.3) is 10.9 Å². The van der Waals surface area contributed by atoms with Gasteiger partial charge in [-0.2, -0.15) is 0 Å². The number of benzene rings is 2. The molecule has 2 saturated heterocycles. The number of aromatic nitrogens is 1. The largest absolute Gasteiger partial charge is 0.481 e. The zero-order chi connectivity index (χ0) is 22.6. The van der Waals surface area contributed by atoms with E-state index in [4.69, 9.17) is 9.72 Å². The molecule has 3 aromatic rings. The van der Waals surface area contributed by atoms with Gasteiger partial charge in [0, 0.05) is 50.3 Å². The van der Waals surface area contributed by atoms with E-state index in [0.29, 0.717) is 18.8 Å². The number of rotatable bonds is 5. The van der Waals surface area contributed by atoms with Crippen LogP contribution < -0.4 is 14.5 Å². The Morgan fingerprint density at radius 2 is 1.64 bits per heavy atom. The molecule has 0 N–H and O–H groups in total. The first-order valence-corrected chi connectivity index (χ1v) is 12.0. The Labute approximate surface area is 195 Å². The molecule has 0 radical (unpaired) electrons. The number of nitrogens with zero attached hydrogens (tertiary/aromatic N) is 4. The molecule has 5 rings (SSSR count). The van der Waals surface area contributed by atoms with Gasteiger partial charge in [-0.05, 0) is 49.1 Å². The van der Waals surface area contributed by atoms with Gasteiger partial charge in [-0.25, -0.2) is 4.98 Å². The van der Waals surface area contributed by atoms with E-state index in [1.807, 2.05) is 29.2 Å². The van der Waals surface area contributed by atoms with E-state index < -0.39 is 0 Å². The highest BCUT2D eigenvalue weighted by Gasteiger charge is 2.22. The summed E-state index contributed by atoms with van der Waals surface area (Å²) < 4.78 is 6.02. The Kier molecular flexibility index (Phi) is 6.33. The van der Waals surface area contributed by atoms with Gasteiger partial charge in [-0.1, -0.05) is 37.3 Å². The van der Waals surface area contributed by atoms with Crippen molar-refractivity contribution in [2.24, 2.45) is 5.92 Å². The fraction of sp³-hybridized carbons (Fsp3) is 0.407. The summed E-state index contributed by atoms with van der Waals surface area (Å²) in [5, 5.41) is 1.03. The summed E-state index contributed by atoms with van der Waals surface area (Å²) >= 11 is 0. The molecule has 0 saturated carbocycles. The highest BCUT2D eigenvalue weighted by atomic mass is 16.5. The molecule has 0 unspecified atom stereocenters. The maximum Gasteiger partial charge on any atom is 0.260 e. The molecule has 1 amide bonds. The van der Waals surface area contributed by atoms with Crippen LogP contribution in [0.5, 0.6) is 5.75 Å². The van der Waals surface area contributed by atoms with Crippen LogP contribution in [0.15, 0.2) is 60.7 Å². The van der Waals surface area contributed by atoms with Crippen molar-refractivity contribution in [3.63, 3.8) is 0 Å².